The zero-order valence-corrected chi connectivity index (χ0v) is 21.4. The number of thiocarbonyl (C=S) groups is 1. The molecule has 2 aromatic rings. The van der Waals surface area contributed by atoms with Gasteiger partial charge < -0.3 is 9.47 Å². The maximum atomic E-state index is 12.6. The van der Waals surface area contributed by atoms with E-state index in [-0.39, 0.29) is 17.3 Å². The van der Waals surface area contributed by atoms with Crippen LogP contribution in [0.15, 0.2) is 40.4 Å². The zero-order chi connectivity index (χ0) is 23.6. The third-order valence-corrected chi connectivity index (χ3v) is 6.66. The lowest BCUT2D eigenvalue weighted by molar-refractivity contribution is -0.132. The fraction of sp³-hybridized carbons (Fsp3) is 0.227. The number of carbonyl (C=O) groups excluding carboxylic acids is 2. The van der Waals surface area contributed by atoms with Gasteiger partial charge in [0.25, 0.3) is 11.8 Å². The van der Waals surface area contributed by atoms with Gasteiger partial charge in [0.1, 0.15) is 12.2 Å². The Morgan fingerprint density at radius 3 is 2.22 bits per heavy atom. The van der Waals surface area contributed by atoms with Gasteiger partial charge in [-0.2, -0.15) is 0 Å². The Labute approximate surface area is 209 Å². The van der Waals surface area contributed by atoms with Crippen LogP contribution in [0, 0.1) is 0 Å². The highest BCUT2D eigenvalue weighted by molar-refractivity contribution is 9.10. The number of benzene rings is 2. The Balaban J connectivity index is 1.93. The Kier molecular flexibility index (Phi) is 7.82. The molecule has 32 heavy (non-hydrogen) atoms. The van der Waals surface area contributed by atoms with E-state index in [1.54, 1.807) is 24.3 Å². The molecule has 1 saturated heterocycles. The van der Waals surface area contributed by atoms with Crippen LogP contribution >= 0.6 is 51.3 Å². The van der Waals surface area contributed by atoms with Gasteiger partial charge in [-0.15, -0.1) is 0 Å². The number of hydrogen-bond acceptors (Lipinski definition) is 5. The maximum Gasteiger partial charge on any atom is 0.265 e. The lowest BCUT2D eigenvalue weighted by atomic mass is 10.1. The average molecular weight is 558 g/mol. The second-order valence-corrected chi connectivity index (χ2v) is 8.89. The molecule has 6 nitrogen and oxygen atoms in total. The van der Waals surface area contributed by atoms with Crippen molar-refractivity contribution in [2.24, 2.45) is 0 Å². The van der Waals surface area contributed by atoms with Crippen molar-refractivity contribution >= 4 is 74.4 Å². The first-order chi connectivity index (χ1) is 15.1. The van der Waals surface area contributed by atoms with Crippen molar-refractivity contribution in [1.82, 2.24) is 9.80 Å². The summed E-state index contributed by atoms with van der Waals surface area (Å²) in [5.74, 6) is 0.0185. The highest BCUT2D eigenvalue weighted by Gasteiger charge is 2.35. The summed E-state index contributed by atoms with van der Waals surface area (Å²) in [5.41, 5.74) is 1.42. The smallest absolute Gasteiger partial charge is 0.265 e. The predicted molar refractivity (Wildman–Crippen MR) is 132 cm³/mol. The molecule has 0 saturated carbocycles. The largest absolute Gasteiger partial charge is 0.490 e. The lowest BCUT2D eigenvalue weighted by Gasteiger charge is -2.31. The number of carbonyl (C=O) groups is 2. The summed E-state index contributed by atoms with van der Waals surface area (Å²) in [7, 11) is 3.06. The molecule has 168 valence electrons. The van der Waals surface area contributed by atoms with E-state index in [9.17, 15) is 9.59 Å². The Hall–Kier alpha value is -2.13. The fourth-order valence-electron chi connectivity index (χ4n) is 2.96. The van der Waals surface area contributed by atoms with E-state index in [1.165, 1.54) is 30.0 Å². The van der Waals surface area contributed by atoms with E-state index >= 15 is 0 Å². The zero-order valence-electron chi connectivity index (χ0n) is 17.4. The highest BCUT2D eigenvalue weighted by atomic mass is 79.9. The van der Waals surface area contributed by atoms with Crippen molar-refractivity contribution in [3.63, 3.8) is 0 Å². The molecule has 0 radical (unpaired) electrons. The van der Waals surface area contributed by atoms with E-state index in [0.717, 1.165) is 5.56 Å². The highest BCUT2D eigenvalue weighted by Crippen LogP contribution is 2.36. The van der Waals surface area contributed by atoms with Gasteiger partial charge in [0, 0.05) is 18.6 Å². The van der Waals surface area contributed by atoms with Crippen LogP contribution in [-0.2, 0) is 16.2 Å². The molecule has 1 aliphatic heterocycles. The molecule has 0 aromatic heterocycles. The Morgan fingerprint density at radius 1 is 1.00 bits per heavy atom. The molecule has 0 spiro atoms. The number of rotatable bonds is 6. The Bertz CT molecular complexity index is 1110. The van der Waals surface area contributed by atoms with Crippen molar-refractivity contribution in [1.29, 1.82) is 0 Å². The quantitative estimate of drug-likeness (QED) is 0.273. The van der Waals surface area contributed by atoms with Gasteiger partial charge in [0.15, 0.2) is 16.6 Å². The van der Waals surface area contributed by atoms with Crippen LogP contribution in [0.1, 0.15) is 18.1 Å². The fourth-order valence-corrected chi connectivity index (χ4v) is 3.89. The van der Waals surface area contributed by atoms with Crippen molar-refractivity contribution in [3.05, 3.63) is 61.5 Å². The molecule has 10 heteroatoms. The summed E-state index contributed by atoms with van der Waals surface area (Å²) < 4.78 is 12.3. The average Bonchev–Trinajstić information content (AvgIpc) is 2.77. The van der Waals surface area contributed by atoms with E-state index < -0.39 is 11.8 Å². The van der Waals surface area contributed by atoms with Gasteiger partial charge in [-0.3, -0.25) is 19.4 Å². The van der Waals surface area contributed by atoms with Gasteiger partial charge in [0.2, 0.25) is 0 Å². The molecule has 1 heterocycles. The van der Waals surface area contributed by atoms with Crippen LogP contribution in [0.3, 0.4) is 0 Å². The van der Waals surface area contributed by atoms with Crippen LogP contribution < -0.4 is 9.47 Å². The Morgan fingerprint density at radius 2 is 1.62 bits per heavy atom. The topological polar surface area (TPSA) is 59.1 Å². The predicted octanol–water partition coefficient (Wildman–Crippen LogP) is 5.33. The van der Waals surface area contributed by atoms with E-state index in [4.69, 9.17) is 44.9 Å². The maximum absolute atomic E-state index is 12.6. The molecule has 0 unspecified atom stereocenters. The standard InChI is InChI=1S/C22H19BrCl2N2O4S/c1-4-30-18-9-13(8-14-20(28)26(2)22(32)27(3)21(14)29)15(23)10-19(18)31-11-12-5-6-16(24)17(25)7-12/h5-10H,4,11H2,1-3H3. The molecule has 1 fully saturated rings. The summed E-state index contributed by atoms with van der Waals surface area (Å²) in [6.07, 6.45) is 1.51. The number of hydrogen-bond donors (Lipinski definition) is 0. The lowest BCUT2D eigenvalue weighted by Crippen LogP contribution is -2.52. The normalized spacial score (nSPS) is 14.2. The number of halogens is 3. The first-order valence-electron chi connectivity index (χ1n) is 9.48. The second-order valence-electron chi connectivity index (χ2n) is 6.86. The number of nitrogens with zero attached hydrogens (tertiary/aromatic N) is 2. The SMILES string of the molecule is CCOc1cc(C=C2C(=O)N(C)C(=S)N(C)C2=O)c(Br)cc1OCc1ccc(Cl)c(Cl)c1. The van der Waals surface area contributed by atoms with Crippen LogP contribution in [0.4, 0.5) is 0 Å². The molecule has 2 amide bonds. The second kappa shape index (κ2) is 10.2. The molecule has 0 bridgehead atoms. The minimum Gasteiger partial charge on any atom is -0.490 e. The minimum atomic E-state index is -0.470. The van der Waals surface area contributed by atoms with Crippen molar-refractivity contribution in [2.75, 3.05) is 20.7 Å². The van der Waals surface area contributed by atoms with Gasteiger partial charge in [-0.1, -0.05) is 45.2 Å². The molecular weight excluding hydrogens is 539 g/mol. The first kappa shape index (κ1) is 24.5. The van der Waals surface area contributed by atoms with Gasteiger partial charge >= 0.3 is 0 Å². The van der Waals surface area contributed by atoms with E-state index in [2.05, 4.69) is 15.9 Å². The van der Waals surface area contributed by atoms with Crippen LogP contribution in [-0.4, -0.2) is 47.4 Å². The third-order valence-electron chi connectivity index (χ3n) is 4.69. The van der Waals surface area contributed by atoms with Crippen LogP contribution in [0.25, 0.3) is 6.08 Å². The number of ether oxygens (including phenoxy) is 2. The molecule has 2 aromatic carbocycles. The molecule has 1 aliphatic rings. The summed E-state index contributed by atoms with van der Waals surface area (Å²) in [5, 5.41) is 1.06. The molecule has 0 aliphatic carbocycles. The summed E-state index contributed by atoms with van der Waals surface area (Å²) in [6.45, 7) is 2.49. The molecular formula is C22H19BrCl2N2O4S. The van der Waals surface area contributed by atoms with Crippen molar-refractivity contribution in [3.8, 4) is 11.5 Å². The number of amides is 2. The third kappa shape index (κ3) is 5.09. The summed E-state index contributed by atoms with van der Waals surface area (Å²) >= 11 is 20.7. The van der Waals surface area contributed by atoms with Crippen molar-refractivity contribution in [2.45, 2.75) is 13.5 Å². The van der Waals surface area contributed by atoms with Gasteiger partial charge in [-0.05, 0) is 60.6 Å². The van der Waals surface area contributed by atoms with Gasteiger partial charge in [0.05, 0.1) is 16.7 Å². The van der Waals surface area contributed by atoms with E-state index in [1.807, 2.05) is 13.0 Å². The first-order valence-corrected chi connectivity index (χ1v) is 11.4. The van der Waals surface area contributed by atoms with Crippen molar-refractivity contribution < 1.29 is 19.1 Å². The summed E-state index contributed by atoms with van der Waals surface area (Å²) in [6, 6.07) is 8.69. The monoisotopic (exact) mass is 556 g/mol. The molecule has 0 N–H and O–H groups in total. The minimum absolute atomic E-state index is 0.00350. The van der Waals surface area contributed by atoms with E-state index in [0.29, 0.717) is 38.2 Å². The summed E-state index contributed by atoms with van der Waals surface area (Å²) in [4.78, 5) is 27.8. The number of likely N-dealkylation sites (N-methyl/N-ethyl adjacent to an activating group) is 2. The van der Waals surface area contributed by atoms with Crippen LogP contribution in [0.2, 0.25) is 10.0 Å². The van der Waals surface area contributed by atoms with Crippen LogP contribution in [0.5, 0.6) is 11.5 Å². The van der Waals surface area contributed by atoms with Gasteiger partial charge in [-0.25, -0.2) is 0 Å². The molecule has 3 rings (SSSR count). The molecule has 0 atom stereocenters.